The zero-order chi connectivity index (χ0) is 8.72. The van der Waals surface area contributed by atoms with Gasteiger partial charge in [-0.05, 0) is 36.1 Å². The summed E-state index contributed by atoms with van der Waals surface area (Å²) in [6, 6.07) is 4.01. The van der Waals surface area contributed by atoms with Gasteiger partial charge in [-0.3, -0.25) is 0 Å². The van der Waals surface area contributed by atoms with Crippen LogP contribution in [-0.2, 0) is 6.42 Å². The molecule has 1 unspecified atom stereocenters. The fraction of sp³-hybridized carbons (Fsp3) is 0.333. The fourth-order valence-electron chi connectivity index (χ4n) is 1.71. The van der Waals surface area contributed by atoms with Crippen LogP contribution < -0.4 is 5.73 Å². The smallest absolute Gasteiger partial charge is 0.0457 e. The molecule has 1 aromatic rings. The number of hydrogen-bond acceptors (Lipinski definition) is 1. The normalized spacial score (nSPS) is 19.5. The van der Waals surface area contributed by atoms with Gasteiger partial charge in [-0.2, -0.15) is 0 Å². The Morgan fingerprint density at radius 2 is 2.15 bits per heavy atom. The second-order valence-corrected chi connectivity index (χ2v) is 4.33. The minimum Gasteiger partial charge on any atom is -0.324 e. The van der Waals surface area contributed by atoms with Crippen molar-refractivity contribution in [2.75, 3.05) is 0 Å². The van der Waals surface area contributed by atoms with Crippen LogP contribution in [-0.4, -0.2) is 0 Å². The summed E-state index contributed by atoms with van der Waals surface area (Å²) in [6.07, 6.45) is 2.05. The Kier molecular flexibility index (Phi) is 3.64. The summed E-state index contributed by atoms with van der Waals surface area (Å²) in [5.74, 6) is 0. The van der Waals surface area contributed by atoms with E-state index in [4.69, 9.17) is 17.3 Å². The van der Waals surface area contributed by atoms with Crippen molar-refractivity contribution < 1.29 is 0 Å². The molecule has 0 saturated carbocycles. The number of benzene rings is 1. The predicted molar refractivity (Wildman–Crippen MR) is 61.6 cm³/mol. The molecule has 0 radical (unpaired) electrons. The molecule has 0 spiro atoms. The quantitative estimate of drug-likeness (QED) is 0.775. The Labute approximate surface area is 97.2 Å². The van der Waals surface area contributed by atoms with Crippen LogP contribution in [0.1, 0.15) is 23.6 Å². The Bertz CT molecular complexity index is 328. The van der Waals surface area contributed by atoms with Gasteiger partial charge in [0, 0.05) is 15.5 Å². The zero-order valence-corrected chi connectivity index (χ0v) is 10.0. The zero-order valence-electron chi connectivity index (χ0n) is 6.89. The SMILES string of the molecule is Cl.NC1CCc2c(Br)ccc(Cl)c21. The van der Waals surface area contributed by atoms with Crippen molar-refractivity contribution in [3.63, 3.8) is 0 Å². The van der Waals surface area contributed by atoms with Crippen molar-refractivity contribution >= 4 is 39.9 Å². The van der Waals surface area contributed by atoms with Crippen LogP contribution in [0.2, 0.25) is 5.02 Å². The molecular formula is C9H10BrCl2N. The molecule has 72 valence electrons. The molecule has 1 aliphatic carbocycles. The molecule has 13 heavy (non-hydrogen) atoms. The van der Waals surface area contributed by atoms with Gasteiger partial charge >= 0.3 is 0 Å². The molecule has 2 N–H and O–H groups in total. The van der Waals surface area contributed by atoms with Gasteiger partial charge in [0.05, 0.1) is 0 Å². The van der Waals surface area contributed by atoms with Crippen LogP contribution in [0.5, 0.6) is 0 Å². The Morgan fingerprint density at radius 3 is 2.77 bits per heavy atom. The van der Waals surface area contributed by atoms with Crippen molar-refractivity contribution in [1.82, 2.24) is 0 Å². The lowest BCUT2D eigenvalue weighted by atomic mass is 10.1. The number of fused-ring (bicyclic) bond motifs is 1. The topological polar surface area (TPSA) is 26.0 Å². The minimum atomic E-state index is 0. The maximum atomic E-state index is 6.04. The molecule has 0 aromatic heterocycles. The molecule has 0 saturated heterocycles. The second kappa shape index (κ2) is 4.18. The van der Waals surface area contributed by atoms with E-state index in [0.717, 1.165) is 27.9 Å². The first-order chi connectivity index (χ1) is 5.70. The molecule has 1 nitrogen and oxygen atoms in total. The lowest BCUT2D eigenvalue weighted by Crippen LogP contribution is -2.05. The minimum absolute atomic E-state index is 0. The van der Waals surface area contributed by atoms with Gasteiger partial charge in [-0.25, -0.2) is 0 Å². The van der Waals surface area contributed by atoms with E-state index in [2.05, 4.69) is 15.9 Å². The lowest BCUT2D eigenvalue weighted by molar-refractivity contribution is 0.713. The van der Waals surface area contributed by atoms with Crippen LogP contribution in [0.4, 0.5) is 0 Å². The molecule has 0 fully saturated rings. The molecule has 0 aliphatic heterocycles. The fourth-order valence-corrected chi connectivity index (χ4v) is 2.57. The standard InChI is InChI=1S/C9H9BrClN.ClH/c10-6-2-3-7(11)9-5(6)1-4-8(9)12;/h2-3,8H,1,4,12H2;1H. The monoisotopic (exact) mass is 281 g/mol. The molecule has 0 amide bonds. The van der Waals surface area contributed by atoms with Crippen LogP contribution in [0.3, 0.4) is 0 Å². The summed E-state index contributed by atoms with van der Waals surface area (Å²) < 4.78 is 1.13. The van der Waals surface area contributed by atoms with Crippen LogP contribution in [0, 0.1) is 0 Å². The first kappa shape index (κ1) is 11.3. The highest BCUT2D eigenvalue weighted by atomic mass is 79.9. The average molecular weight is 283 g/mol. The summed E-state index contributed by atoms with van der Waals surface area (Å²) in [4.78, 5) is 0. The summed E-state index contributed by atoms with van der Waals surface area (Å²) in [5, 5.41) is 0.804. The largest absolute Gasteiger partial charge is 0.324 e. The van der Waals surface area contributed by atoms with E-state index in [1.807, 2.05) is 12.1 Å². The summed E-state index contributed by atoms with van der Waals surface area (Å²) >= 11 is 9.53. The van der Waals surface area contributed by atoms with Gasteiger partial charge in [-0.15, -0.1) is 12.4 Å². The van der Waals surface area contributed by atoms with Crippen molar-refractivity contribution in [2.45, 2.75) is 18.9 Å². The van der Waals surface area contributed by atoms with Crippen LogP contribution in [0.25, 0.3) is 0 Å². The van der Waals surface area contributed by atoms with Crippen molar-refractivity contribution in [2.24, 2.45) is 5.73 Å². The molecule has 0 heterocycles. The summed E-state index contributed by atoms with van der Waals surface area (Å²) in [5.41, 5.74) is 8.33. The lowest BCUT2D eigenvalue weighted by Gasteiger charge is -2.07. The highest BCUT2D eigenvalue weighted by Crippen LogP contribution is 2.38. The molecule has 1 aliphatic rings. The third-order valence-corrected chi connectivity index (χ3v) is 3.40. The van der Waals surface area contributed by atoms with Crippen LogP contribution in [0.15, 0.2) is 16.6 Å². The van der Waals surface area contributed by atoms with Crippen molar-refractivity contribution in [1.29, 1.82) is 0 Å². The maximum Gasteiger partial charge on any atom is 0.0457 e. The highest BCUT2D eigenvalue weighted by Gasteiger charge is 2.23. The third-order valence-electron chi connectivity index (χ3n) is 2.32. The van der Waals surface area contributed by atoms with E-state index in [9.17, 15) is 0 Å². The van der Waals surface area contributed by atoms with Crippen molar-refractivity contribution in [3.05, 3.63) is 32.8 Å². The van der Waals surface area contributed by atoms with Gasteiger partial charge < -0.3 is 5.73 Å². The van der Waals surface area contributed by atoms with E-state index >= 15 is 0 Å². The van der Waals surface area contributed by atoms with Gasteiger partial charge in [0.25, 0.3) is 0 Å². The molecule has 4 heteroatoms. The van der Waals surface area contributed by atoms with Gasteiger partial charge in [0.15, 0.2) is 0 Å². The van der Waals surface area contributed by atoms with Gasteiger partial charge in [0.2, 0.25) is 0 Å². The second-order valence-electron chi connectivity index (χ2n) is 3.07. The predicted octanol–water partition coefficient (Wildman–Crippen LogP) is 3.47. The first-order valence-electron chi connectivity index (χ1n) is 3.92. The van der Waals surface area contributed by atoms with E-state index < -0.39 is 0 Å². The van der Waals surface area contributed by atoms with Gasteiger partial charge in [0.1, 0.15) is 0 Å². The van der Waals surface area contributed by atoms with Gasteiger partial charge in [-0.1, -0.05) is 27.5 Å². The van der Waals surface area contributed by atoms with E-state index in [-0.39, 0.29) is 18.4 Å². The Morgan fingerprint density at radius 1 is 1.46 bits per heavy atom. The summed E-state index contributed by atoms with van der Waals surface area (Å²) in [7, 11) is 0. The Balaban J connectivity index is 0.000000845. The highest BCUT2D eigenvalue weighted by molar-refractivity contribution is 9.10. The Hall–Kier alpha value is 0.240. The maximum absolute atomic E-state index is 6.04. The van der Waals surface area contributed by atoms with E-state index in [1.54, 1.807) is 0 Å². The molecule has 1 atom stereocenters. The first-order valence-corrected chi connectivity index (χ1v) is 5.09. The summed E-state index contributed by atoms with van der Waals surface area (Å²) in [6.45, 7) is 0. The van der Waals surface area contributed by atoms with Crippen molar-refractivity contribution in [3.8, 4) is 0 Å². The molecular weight excluding hydrogens is 273 g/mol. The average Bonchev–Trinajstić information content (AvgIpc) is 2.42. The number of hydrogen-bond donors (Lipinski definition) is 1. The van der Waals surface area contributed by atoms with E-state index in [1.165, 1.54) is 5.56 Å². The molecule has 2 rings (SSSR count). The van der Waals surface area contributed by atoms with E-state index in [0.29, 0.717) is 0 Å². The molecule has 0 bridgehead atoms. The number of rotatable bonds is 0. The number of halogens is 3. The third kappa shape index (κ3) is 1.86. The van der Waals surface area contributed by atoms with Crippen LogP contribution >= 0.6 is 39.9 Å². The molecule has 1 aromatic carbocycles. The number of nitrogens with two attached hydrogens (primary N) is 1.